The molecule has 0 amide bonds. The Kier molecular flexibility index (Phi) is 6.18. The van der Waals surface area contributed by atoms with Crippen LogP contribution in [0.4, 0.5) is 0 Å². The number of piperidine rings is 1. The van der Waals surface area contributed by atoms with Crippen molar-refractivity contribution in [1.29, 1.82) is 0 Å². The number of carbonyl (C=O) groups excluding carboxylic acids is 1. The van der Waals surface area contributed by atoms with Crippen LogP contribution in [0.25, 0.3) is 5.57 Å². The highest BCUT2D eigenvalue weighted by atomic mass is 32.2. The van der Waals surface area contributed by atoms with E-state index in [9.17, 15) is 4.79 Å². The highest BCUT2D eigenvalue weighted by Gasteiger charge is 2.25. The van der Waals surface area contributed by atoms with Gasteiger partial charge in [-0.25, -0.2) is 0 Å². The van der Waals surface area contributed by atoms with E-state index in [0.717, 1.165) is 38.9 Å². The first-order valence-electron chi connectivity index (χ1n) is 10.2. The van der Waals surface area contributed by atoms with Gasteiger partial charge >= 0.3 is 5.97 Å². The monoisotopic (exact) mass is 393 g/mol. The van der Waals surface area contributed by atoms with Crippen LogP contribution in [0, 0.1) is 0 Å². The molecule has 0 bridgehead atoms. The molecule has 0 radical (unpaired) electrons. The van der Waals surface area contributed by atoms with Crippen molar-refractivity contribution in [3.8, 4) is 0 Å². The molecule has 1 fully saturated rings. The van der Waals surface area contributed by atoms with Crippen molar-refractivity contribution in [2.24, 2.45) is 0 Å². The van der Waals surface area contributed by atoms with Crippen LogP contribution in [-0.4, -0.2) is 37.1 Å². The van der Waals surface area contributed by atoms with Crippen molar-refractivity contribution in [2.45, 2.75) is 42.4 Å². The zero-order valence-corrected chi connectivity index (χ0v) is 17.3. The third kappa shape index (κ3) is 4.18. The summed E-state index contributed by atoms with van der Waals surface area (Å²) in [6, 6.07) is 17.6. The van der Waals surface area contributed by atoms with Crippen LogP contribution in [0.15, 0.2) is 63.9 Å². The molecule has 1 saturated heterocycles. The third-order valence-corrected chi connectivity index (χ3v) is 6.66. The summed E-state index contributed by atoms with van der Waals surface area (Å²) in [6.07, 6.45) is 3.60. The number of nitrogens with zero attached hydrogens (tertiary/aromatic N) is 1. The summed E-state index contributed by atoms with van der Waals surface area (Å²) >= 11 is 1.88. The molecule has 4 heteroatoms. The number of likely N-dealkylation sites (tertiary alicyclic amines) is 1. The Morgan fingerprint density at radius 2 is 1.61 bits per heavy atom. The van der Waals surface area contributed by atoms with Crippen LogP contribution in [0.5, 0.6) is 0 Å². The maximum absolute atomic E-state index is 11.5. The number of hydrogen-bond acceptors (Lipinski definition) is 4. The molecule has 0 unspecified atom stereocenters. The number of hydrogen-bond donors (Lipinski definition) is 0. The average molecular weight is 394 g/mol. The average Bonchev–Trinajstić information content (AvgIpc) is 2.73. The molecule has 0 N–H and O–H groups in total. The first-order chi connectivity index (χ1) is 13.8. The fourth-order valence-corrected chi connectivity index (χ4v) is 5.24. The van der Waals surface area contributed by atoms with Gasteiger partial charge in [0.05, 0.1) is 6.61 Å². The molecule has 0 aliphatic carbocycles. The molecular formula is C24H27NO2S. The van der Waals surface area contributed by atoms with E-state index in [1.165, 1.54) is 26.5 Å². The lowest BCUT2D eigenvalue weighted by Gasteiger charge is -2.32. The molecule has 28 heavy (non-hydrogen) atoms. The number of esters is 1. The number of benzene rings is 2. The van der Waals surface area contributed by atoms with Crippen LogP contribution in [-0.2, 0) is 9.53 Å². The van der Waals surface area contributed by atoms with E-state index >= 15 is 0 Å². The van der Waals surface area contributed by atoms with Crippen molar-refractivity contribution in [1.82, 2.24) is 4.90 Å². The van der Waals surface area contributed by atoms with Gasteiger partial charge in [0.25, 0.3) is 0 Å². The lowest BCUT2D eigenvalue weighted by Crippen LogP contribution is -2.32. The van der Waals surface area contributed by atoms with Crippen LogP contribution < -0.4 is 0 Å². The summed E-state index contributed by atoms with van der Waals surface area (Å²) in [5.74, 6) is -0.0739. The predicted octanol–water partition coefficient (Wildman–Crippen LogP) is 5.39. The van der Waals surface area contributed by atoms with E-state index in [-0.39, 0.29) is 5.97 Å². The Bertz CT molecular complexity index is 832. The Morgan fingerprint density at radius 3 is 2.21 bits per heavy atom. The van der Waals surface area contributed by atoms with Gasteiger partial charge in [-0.1, -0.05) is 53.7 Å². The Labute approximate surface area is 171 Å². The van der Waals surface area contributed by atoms with Crippen molar-refractivity contribution in [3.63, 3.8) is 0 Å². The molecule has 0 aromatic heterocycles. The number of fused-ring (bicyclic) bond motifs is 2. The molecule has 3 nitrogen and oxygen atoms in total. The summed E-state index contributed by atoms with van der Waals surface area (Å²) in [7, 11) is 0. The fraction of sp³-hybridized carbons (Fsp3) is 0.375. The topological polar surface area (TPSA) is 29.5 Å². The normalized spacial score (nSPS) is 16.5. The zero-order chi connectivity index (χ0) is 19.3. The van der Waals surface area contributed by atoms with E-state index in [4.69, 9.17) is 4.74 Å². The largest absolute Gasteiger partial charge is 0.466 e. The fourth-order valence-electron chi connectivity index (χ4n) is 4.15. The van der Waals surface area contributed by atoms with E-state index in [0.29, 0.717) is 13.0 Å². The highest BCUT2D eigenvalue weighted by molar-refractivity contribution is 7.99. The quantitative estimate of drug-likeness (QED) is 0.544. The van der Waals surface area contributed by atoms with E-state index < -0.39 is 0 Å². The molecule has 146 valence electrons. The summed E-state index contributed by atoms with van der Waals surface area (Å²) < 4.78 is 5.03. The first kappa shape index (κ1) is 19.3. The minimum atomic E-state index is -0.0739. The van der Waals surface area contributed by atoms with Crippen molar-refractivity contribution < 1.29 is 9.53 Å². The number of carbonyl (C=O) groups is 1. The van der Waals surface area contributed by atoms with E-state index in [1.54, 1.807) is 5.57 Å². The maximum atomic E-state index is 11.5. The lowest BCUT2D eigenvalue weighted by atomic mass is 9.88. The second-order valence-corrected chi connectivity index (χ2v) is 8.41. The molecule has 2 heterocycles. The van der Waals surface area contributed by atoms with Crippen molar-refractivity contribution in [2.75, 3.05) is 26.2 Å². The molecule has 0 spiro atoms. The number of rotatable bonds is 5. The lowest BCUT2D eigenvalue weighted by molar-refractivity contribution is -0.143. The van der Waals surface area contributed by atoms with Gasteiger partial charge in [-0.3, -0.25) is 4.79 Å². The predicted molar refractivity (Wildman–Crippen MR) is 115 cm³/mol. The second-order valence-electron chi connectivity index (χ2n) is 7.32. The molecule has 2 aliphatic rings. The highest BCUT2D eigenvalue weighted by Crippen LogP contribution is 2.47. The van der Waals surface area contributed by atoms with Gasteiger partial charge in [-0.15, -0.1) is 0 Å². The molecule has 2 aliphatic heterocycles. The van der Waals surface area contributed by atoms with Gasteiger partial charge in [0, 0.05) is 29.3 Å². The Balaban J connectivity index is 1.48. The zero-order valence-electron chi connectivity index (χ0n) is 16.4. The van der Waals surface area contributed by atoms with Crippen LogP contribution >= 0.6 is 11.8 Å². The molecular weight excluding hydrogens is 366 g/mol. The Hall–Kier alpha value is -2.04. The summed E-state index contributed by atoms with van der Waals surface area (Å²) in [6.45, 7) is 5.45. The van der Waals surface area contributed by atoms with Gasteiger partial charge in [-0.05, 0) is 61.6 Å². The standard InChI is InChI=1S/C24H27NO2S/c1-2-27-23(26)12-7-15-25-16-13-18(14-17-25)24-19-8-3-5-10-21(19)28-22-11-6-4-9-20(22)24/h3-6,8-11H,2,7,12-17H2,1H3. The van der Waals surface area contributed by atoms with E-state index in [1.807, 2.05) is 18.7 Å². The van der Waals surface area contributed by atoms with E-state index in [2.05, 4.69) is 53.4 Å². The van der Waals surface area contributed by atoms with Crippen LogP contribution in [0.2, 0.25) is 0 Å². The summed E-state index contributed by atoms with van der Waals surface area (Å²) in [4.78, 5) is 16.7. The summed E-state index contributed by atoms with van der Waals surface area (Å²) in [5, 5.41) is 0. The Morgan fingerprint density at radius 1 is 1.00 bits per heavy atom. The SMILES string of the molecule is CCOC(=O)CCCN1CCC(=C2c3ccccc3Sc3ccccc32)CC1. The molecule has 2 aromatic carbocycles. The van der Waals surface area contributed by atoms with Gasteiger partial charge in [0.1, 0.15) is 0 Å². The van der Waals surface area contributed by atoms with Gasteiger partial charge in [-0.2, -0.15) is 0 Å². The van der Waals surface area contributed by atoms with Gasteiger partial charge in [0.2, 0.25) is 0 Å². The molecule has 4 rings (SSSR count). The number of ether oxygens (including phenoxy) is 1. The van der Waals surface area contributed by atoms with Crippen molar-refractivity contribution >= 4 is 23.3 Å². The van der Waals surface area contributed by atoms with Gasteiger partial charge < -0.3 is 9.64 Å². The smallest absolute Gasteiger partial charge is 0.305 e. The molecule has 0 saturated carbocycles. The van der Waals surface area contributed by atoms with Crippen molar-refractivity contribution in [3.05, 3.63) is 65.2 Å². The van der Waals surface area contributed by atoms with Crippen LogP contribution in [0.3, 0.4) is 0 Å². The third-order valence-electron chi connectivity index (χ3n) is 5.51. The molecule has 0 atom stereocenters. The summed E-state index contributed by atoms with van der Waals surface area (Å²) in [5.41, 5.74) is 5.80. The maximum Gasteiger partial charge on any atom is 0.305 e. The first-order valence-corrected chi connectivity index (χ1v) is 11.0. The minimum Gasteiger partial charge on any atom is -0.466 e. The minimum absolute atomic E-state index is 0.0739. The second kappa shape index (κ2) is 8.97. The van der Waals surface area contributed by atoms with Crippen LogP contribution in [0.1, 0.15) is 43.7 Å². The molecule has 2 aromatic rings. The van der Waals surface area contributed by atoms with Gasteiger partial charge in [0.15, 0.2) is 0 Å².